The fraction of sp³-hybridized carbons (Fsp3) is 0.314. The molecule has 2 saturated heterocycles. The van der Waals surface area contributed by atoms with Gasteiger partial charge in [0.15, 0.2) is 67.9 Å². The maximum Gasteiger partial charge on any atom is 0.303 e. The third-order valence-electron chi connectivity index (χ3n) is 15.8. The zero-order valence-corrected chi connectivity index (χ0v) is 53.6. The number of aryl methyl sites for hydroxylation is 3. The van der Waals surface area contributed by atoms with Crippen LogP contribution >= 0.6 is 0 Å². The van der Waals surface area contributed by atoms with Crippen molar-refractivity contribution >= 4 is 88.2 Å². The van der Waals surface area contributed by atoms with Crippen molar-refractivity contribution in [2.45, 2.75) is 110 Å². The first-order chi connectivity index (χ1) is 45.5. The van der Waals surface area contributed by atoms with Gasteiger partial charge in [0.25, 0.3) is 0 Å². The van der Waals surface area contributed by atoms with Gasteiger partial charge in [-0.2, -0.15) is 0 Å². The van der Waals surface area contributed by atoms with E-state index in [1.807, 2.05) is 151 Å². The highest BCUT2D eigenvalue weighted by Gasteiger charge is 2.58. The van der Waals surface area contributed by atoms with Crippen molar-refractivity contribution in [3.63, 3.8) is 0 Å². The van der Waals surface area contributed by atoms with Crippen molar-refractivity contribution in [3.8, 4) is 50.3 Å². The number of nitrogens with zero attached hydrogens (tertiary/aromatic N) is 5. The minimum Gasteiger partial charge on any atom is -0.463 e. The van der Waals surface area contributed by atoms with Gasteiger partial charge >= 0.3 is 41.8 Å². The van der Waals surface area contributed by atoms with Gasteiger partial charge in [-0.25, -0.2) is 23.7 Å². The zero-order valence-electron chi connectivity index (χ0n) is 53.6. The van der Waals surface area contributed by atoms with E-state index < -0.39 is 116 Å². The van der Waals surface area contributed by atoms with Crippen molar-refractivity contribution in [1.82, 2.24) is 19.9 Å². The zero-order chi connectivity index (χ0) is 67.4. The van der Waals surface area contributed by atoms with E-state index in [1.165, 1.54) is 0 Å². The number of carbonyl (C=O) groups excluding carboxylic acids is 7. The molecule has 0 radical (unpaired) electrons. The number of benzene rings is 1. The van der Waals surface area contributed by atoms with Gasteiger partial charge in [-0.05, 0) is 71.3 Å². The van der Waals surface area contributed by atoms with Gasteiger partial charge in [0.1, 0.15) is 58.4 Å². The van der Waals surface area contributed by atoms with Crippen LogP contribution in [0.15, 0.2) is 122 Å². The third-order valence-corrected chi connectivity index (χ3v) is 15.8. The Morgan fingerprint density at radius 2 is 0.737 bits per heavy atom. The molecule has 10 atom stereocenters. The highest BCUT2D eigenvalue weighted by molar-refractivity contribution is 6.00. The van der Waals surface area contributed by atoms with Crippen LogP contribution in [-0.2, 0) is 102 Å². The van der Waals surface area contributed by atoms with Crippen molar-refractivity contribution in [3.05, 3.63) is 145 Å². The summed E-state index contributed by atoms with van der Waals surface area (Å²) in [5.41, 5.74) is 11.4. The van der Waals surface area contributed by atoms with Crippen LogP contribution in [0.2, 0.25) is 0 Å². The lowest BCUT2D eigenvalue weighted by atomic mass is 9.95. The Bertz CT molecular complexity index is 4330. The number of carbonyl (C=O) groups is 7. The highest BCUT2D eigenvalue weighted by atomic mass is 16.8. The molecule has 0 amide bonds. The number of rotatable bonds is 17. The first kappa shape index (κ1) is 65.7. The average Bonchev–Trinajstić information content (AvgIpc) is 1.76. The Morgan fingerprint density at radius 3 is 1.15 bits per heavy atom. The molecule has 0 unspecified atom stereocenters. The van der Waals surface area contributed by atoms with Crippen LogP contribution in [0.4, 0.5) is 0 Å². The number of nitrogens with one attached hydrogen (secondary N) is 2. The minimum absolute atomic E-state index is 0.125. The molecular formula is C70H70N7O18+3. The number of H-pyrrole nitrogens is 2. The van der Waals surface area contributed by atoms with E-state index in [2.05, 4.69) is 22.1 Å². The van der Waals surface area contributed by atoms with Gasteiger partial charge in [0.05, 0.1) is 22.8 Å². The van der Waals surface area contributed by atoms with Gasteiger partial charge in [-0.1, -0.05) is 18.2 Å². The van der Waals surface area contributed by atoms with Crippen LogP contribution in [0.25, 0.3) is 90.9 Å². The first-order valence-corrected chi connectivity index (χ1v) is 30.4. The number of pyridine rings is 3. The summed E-state index contributed by atoms with van der Waals surface area (Å²) in [6.07, 6.45) is 2.72. The molecule has 490 valence electrons. The van der Waals surface area contributed by atoms with E-state index in [0.29, 0.717) is 39.2 Å². The molecule has 7 aromatic rings. The molecule has 0 spiro atoms. The van der Waals surface area contributed by atoms with Gasteiger partial charge in [-0.3, -0.25) is 33.6 Å². The Balaban J connectivity index is 1.10. The lowest BCUT2D eigenvalue weighted by molar-refractivity contribution is -0.671. The van der Waals surface area contributed by atoms with Crippen LogP contribution in [0.3, 0.4) is 0 Å². The number of aromatic nitrogens is 7. The first-order valence-electron chi connectivity index (χ1n) is 30.4. The van der Waals surface area contributed by atoms with Crippen LogP contribution in [0, 0.1) is 0 Å². The fourth-order valence-electron chi connectivity index (χ4n) is 11.9. The summed E-state index contributed by atoms with van der Waals surface area (Å²) in [5.74, 6) is -6.01. The van der Waals surface area contributed by atoms with Crippen LogP contribution in [-0.4, -0.2) is 136 Å². The molecule has 25 heteroatoms. The molecule has 8 bridgehead atoms. The largest absolute Gasteiger partial charge is 0.463 e. The Morgan fingerprint density at radius 1 is 0.400 bits per heavy atom. The quantitative estimate of drug-likeness (QED) is 0.0538. The molecule has 11 rings (SSSR count). The Hall–Kier alpha value is -10.8. The second kappa shape index (κ2) is 28.2. The summed E-state index contributed by atoms with van der Waals surface area (Å²) in [4.78, 5) is 109. The van der Waals surface area contributed by atoms with Crippen LogP contribution in [0.1, 0.15) is 71.2 Å². The number of hydrogen-bond acceptors (Lipinski definition) is 20. The molecule has 95 heavy (non-hydrogen) atoms. The summed E-state index contributed by atoms with van der Waals surface area (Å²) in [7, 11) is 5.85. The van der Waals surface area contributed by atoms with Gasteiger partial charge in [0, 0.05) is 135 Å². The molecule has 4 aliphatic rings. The number of ether oxygens (including phenoxy) is 11. The van der Waals surface area contributed by atoms with Crippen molar-refractivity contribution in [1.29, 1.82) is 0 Å². The van der Waals surface area contributed by atoms with E-state index >= 15 is 0 Å². The smallest absolute Gasteiger partial charge is 0.303 e. The van der Waals surface area contributed by atoms with Crippen molar-refractivity contribution in [2.75, 3.05) is 13.2 Å². The predicted octanol–water partition coefficient (Wildman–Crippen LogP) is 6.80. The molecule has 2 N–H and O–H groups in total. The van der Waals surface area contributed by atoms with Crippen LogP contribution < -0.4 is 18.4 Å². The van der Waals surface area contributed by atoms with E-state index in [-0.39, 0.29) is 5.75 Å². The molecule has 6 aromatic heterocycles. The van der Waals surface area contributed by atoms with Crippen molar-refractivity contribution < 1.29 is 99.4 Å². The molecule has 25 nitrogen and oxygen atoms in total. The Kier molecular flexibility index (Phi) is 19.5. The van der Waals surface area contributed by atoms with E-state index in [9.17, 15) is 33.6 Å². The average molecular weight is 1300 g/mol. The van der Waals surface area contributed by atoms with E-state index in [4.69, 9.17) is 62.1 Å². The SMILES string of the molecule is CC(=O)OC[C@H]1O[C@H](O[C@H]2[C@H](OC(C)=O)[C@@H](OC(C)=O)[C@H](Oc3ccccc3-c3c4nc(c(-c5cc[n+](C)cc5)c5ccc([nH]5)c(-c5cc[n+](C)cc5)c5nc(c(-c6cc[n+](C)cc6)c6ccc3[nH]6)C=C5)C=C4)O[C@@H]2COC(C)=O)[C@H](OC(C)=O)[C@@H](OC(C)=O)[C@@H]1OC(C)=O. The number of aromatic amines is 2. The lowest BCUT2D eigenvalue weighted by Crippen LogP contribution is -2.67. The summed E-state index contributed by atoms with van der Waals surface area (Å²) >= 11 is 0. The second-order valence-corrected chi connectivity index (χ2v) is 23.0. The Labute approximate surface area is 544 Å². The van der Waals surface area contributed by atoms with E-state index in [0.717, 1.165) is 98.6 Å². The number of esters is 7. The van der Waals surface area contributed by atoms with E-state index in [1.54, 1.807) is 18.2 Å². The lowest BCUT2D eigenvalue weighted by Gasteiger charge is -2.48. The number of fused-ring (bicyclic) bond motifs is 8. The van der Waals surface area contributed by atoms with Crippen LogP contribution in [0.5, 0.6) is 5.75 Å². The molecule has 4 aliphatic heterocycles. The monoisotopic (exact) mass is 1300 g/mol. The third kappa shape index (κ3) is 14.9. The highest BCUT2D eigenvalue weighted by Crippen LogP contribution is 2.43. The summed E-state index contributed by atoms with van der Waals surface area (Å²) in [6, 6.07) is 27.1. The van der Waals surface area contributed by atoms with Gasteiger partial charge in [0.2, 0.25) is 12.4 Å². The van der Waals surface area contributed by atoms with Gasteiger partial charge in [-0.15, -0.1) is 0 Å². The predicted molar refractivity (Wildman–Crippen MR) is 338 cm³/mol. The van der Waals surface area contributed by atoms with Crippen molar-refractivity contribution in [2.24, 2.45) is 21.1 Å². The summed E-state index contributed by atoms with van der Waals surface area (Å²) in [5, 5.41) is 0. The maximum atomic E-state index is 13.5. The topological polar surface area (TPSA) is 290 Å². The fourth-order valence-corrected chi connectivity index (χ4v) is 11.9. The number of hydrogen-bond donors (Lipinski definition) is 2. The minimum atomic E-state index is -1.90. The molecule has 0 saturated carbocycles. The van der Waals surface area contributed by atoms with Gasteiger partial charge < -0.3 is 62.1 Å². The molecule has 1 aromatic carbocycles. The summed E-state index contributed by atoms with van der Waals surface area (Å²) < 4.78 is 72.5. The molecule has 10 heterocycles. The maximum absolute atomic E-state index is 13.5. The molecular weight excluding hydrogens is 1230 g/mol. The molecule has 2 fully saturated rings. The number of para-hydroxylation sites is 1. The second-order valence-electron chi connectivity index (χ2n) is 23.0. The molecule has 0 aliphatic carbocycles. The summed E-state index contributed by atoms with van der Waals surface area (Å²) in [6.45, 7) is 6.32. The standard InChI is InChI=1S/C70H69N7O18/c1-37(78)85-35-57-63(87-39(3)80)65(88-40(4)81)68(91-43(7)84)70(94-57)95-64-58(36-86-38(2)79)93-69(67(90-42(6)83)66(64)89-41(5)82)92-56-14-12-11-13-47(56)62-54-21-19-52(73-54)60(45-25-31-76(9)32-26-45)50-17-15-48(71-50)59(44-23-29-75(8)30-24-44)49-16-18-51(72-49)61(53-20-22-55(62)74-53)46-27-33-77(10)34-28-46/h11-34,57-58,63-70H,35-36H2,1-10H3,(H,71,72,73,74)/q+2/p+1/t57-,58-,63-,64-,65+,66+,67-,68-,69-,70-/m1/s1. The normalized spacial score (nSPS) is 21.2.